The molecule has 0 atom stereocenters. The summed E-state index contributed by atoms with van der Waals surface area (Å²) in [6, 6.07) is 5.30. The van der Waals surface area contributed by atoms with Gasteiger partial charge in [0.2, 0.25) is 0 Å². The van der Waals surface area contributed by atoms with Gasteiger partial charge in [-0.05, 0) is 19.1 Å². The van der Waals surface area contributed by atoms with Crippen LogP contribution in [-0.4, -0.2) is 20.1 Å². The lowest BCUT2D eigenvalue weighted by Crippen LogP contribution is -1.89. The molecule has 0 spiro atoms. The van der Waals surface area contributed by atoms with Crippen LogP contribution in [0, 0.1) is 6.92 Å². The monoisotopic (exact) mass is 187 g/mol. The number of nitrogens with zero attached hydrogens (tertiary/aromatic N) is 3. The predicted molar refractivity (Wildman–Crippen MR) is 51.7 cm³/mol. The van der Waals surface area contributed by atoms with E-state index in [1.807, 2.05) is 19.1 Å². The van der Waals surface area contributed by atoms with Crippen molar-refractivity contribution in [3.05, 3.63) is 36.4 Å². The van der Waals surface area contributed by atoms with Gasteiger partial charge in [0, 0.05) is 0 Å². The number of benzene rings is 1. The lowest BCUT2D eigenvalue weighted by molar-refractivity contribution is 0.476. The van der Waals surface area contributed by atoms with Crippen molar-refractivity contribution >= 4 is 0 Å². The second kappa shape index (κ2) is 3.41. The molecule has 0 radical (unpaired) electrons. The minimum Gasteiger partial charge on any atom is -0.507 e. The molecular weight excluding hydrogens is 178 g/mol. The predicted octanol–water partition coefficient (Wildman–Crippen LogP) is 1.55. The van der Waals surface area contributed by atoms with E-state index < -0.39 is 0 Å². The summed E-state index contributed by atoms with van der Waals surface area (Å²) in [6.07, 6.45) is 2.81. The van der Waals surface area contributed by atoms with Crippen LogP contribution in [0.3, 0.4) is 0 Å². The van der Waals surface area contributed by atoms with Gasteiger partial charge in [0.15, 0.2) is 5.82 Å². The molecule has 0 aliphatic carbocycles. The molecule has 1 aromatic carbocycles. The molecule has 1 aromatic heterocycles. The molecule has 0 saturated carbocycles. The summed E-state index contributed by atoms with van der Waals surface area (Å²) in [5, 5.41) is 9.59. The van der Waals surface area contributed by atoms with Crippen LogP contribution in [0.2, 0.25) is 0 Å². The molecule has 0 aliphatic heterocycles. The summed E-state index contributed by atoms with van der Waals surface area (Å²) in [4.78, 5) is 11.7. The third kappa shape index (κ3) is 1.54. The Kier molecular flexibility index (Phi) is 2.10. The van der Waals surface area contributed by atoms with Crippen LogP contribution in [0.25, 0.3) is 11.4 Å². The molecule has 4 heteroatoms. The Bertz CT molecular complexity index is 442. The van der Waals surface area contributed by atoms with Gasteiger partial charge in [0.05, 0.1) is 5.56 Å². The molecule has 2 rings (SSSR count). The first-order chi connectivity index (χ1) is 6.77. The fraction of sp³-hybridized carbons (Fsp3) is 0.100. The fourth-order valence-corrected chi connectivity index (χ4v) is 1.21. The Balaban J connectivity index is 2.57. The molecule has 1 heterocycles. The summed E-state index contributed by atoms with van der Waals surface area (Å²) in [5.74, 6) is 0.669. The summed E-state index contributed by atoms with van der Waals surface area (Å²) in [6.45, 7) is 1.95. The quantitative estimate of drug-likeness (QED) is 0.735. The van der Waals surface area contributed by atoms with Crippen LogP contribution >= 0.6 is 0 Å². The first-order valence-electron chi connectivity index (χ1n) is 4.19. The summed E-state index contributed by atoms with van der Waals surface area (Å²) >= 11 is 0. The Labute approximate surface area is 81.3 Å². The summed E-state index contributed by atoms with van der Waals surface area (Å²) in [5.41, 5.74) is 1.69. The Morgan fingerprint density at radius 2 is 1.86 bits per heavy atom. The highest BCUT2D eigenvalue weighted by Crippen LogP contribution is 2.26. The number of rotatable bonds is 1. The number of aryl methyl sites for hydroxylation is 1. The molecule has 0 fully saturated rings. The van der Waals surface area contributed by atoms with Crippen molar-refractivity contribution in [2.24, 2.45) is 0 Å². The van der Waals surface area contributed by atoms with E-state index in [1.54, 1.807) is 6.07 Å². The lowest BCUT2D eigenvalue weighted by Gasteiger charge is -2.02. The highest BCUT2D eigenvalue weighted by atomic mass is 16.3. The third-order valence-corrected chi connectivity index (χ3v) is 1.89. The van der Waals surface area contributed by atoms with Crippen molar-refractivity contribution in [3.63, 3.8) is 0 Å². The Hall–Kier alpha value is -1.97. The van der Waals surface area contributed by atoms with E-state index in [4.69, 9.17) is 0 Å². The number of hydrogen-bond donors (Lipinski definition) is 1. The topological polar surface area (TPSA) is 58.9 Å². The van der Waals surface area contributed by atoms with Gasteiger partial charge in [-0.15, -0.1) is 0 Å². The van der Waals surface area contributed by atoms with Crippen molar-refractivity contribution < 1.29 is 5.11 Å². The van der Waals surface area contributed by atoms with Gasteiger partial charge in [-0.25, -0.2) is 15.0 Å². The molecule has 0 unspecified atom stereocenters. The Morgan fingerprint density at radius 1 is 1.14 bits per heavy atom. The minimum absolute atomic E-state index is 0.182. The smallest absolute Gasteiger partial charge is 0.166 e. The van der Waals surface area contributed by atoms with E-state index in [-0.39, 0.29) is 5.75 Å². The summed E-state index contributed by atoms with van der Waals surface area (Å²) < 4.78 is 0. The number of aromatic nitrogens is 3. The zero-order chi connectivity index (χ0) is 9.97. The van der Waals surface area contributed by atoms with Gasteiger partial charge in [0.1, 0.15) is 18.4 Å². The number of aromatic hydroxyl groups is 1. The second-order valence-corrected chi connectivity index (χ2v) is 2.98. The van der Waals surface area contributed by atoms with Crippen molar-refractivity contribution in [2.45, 2.75) is 6.92 Å². The van der Waals surface area contributed by atoms with E-state index in [2.05, 4.69) is 15.0 Å². The van der Waals surface area contributed by atoms with Crippen molar-refractivity contribution in [1.29, 1.82) is 0 Å². The molecule has 0 bridgehead atoms. The number of hydrogen-bond acceptors (Lipinski definition) is 4. The highest BCUT2D eigenvalue weighted by molar-refractivity contribution is 5.63. The first-order valence-corrected chi connectivity index (χ1v) is 4.19. The van der Waals surface area contributed by atoms with Gasteiger partial charge in [-0.2, -0.15) is 0 Å². The maximum Gasteiger partial charge on any atom is 0.166 e. The fourth-order valence-electron chi connectivity index (χ4n) is 1.21. The SMILES string of the molecule is Cc1ccc(O)c(-c2ncncn2)c1. The third-order valence-electron chi connectivity index (χ3n) is 1.89. The maximum absolute atomic E-state index is 9.59. The normalized spacial score (nSPS) is 10.1. The van der Waals surface area contributed by atoms with Crippen molar-refractivity contribution in [1.82, 2.24) is 15.0 Å². The molecule has 1 N–H and O–H groups in total. The molecule has 4 nitrogen and oxygen atoms in total. The van der Waals surface area contributed by atoms with Crippen molar-refractivity contribution in [3.8, 4) is 17.1 Å². The average Bonchev–Trinajstić information content (AvgIpc) is 2.23. The zero-order valence-corrected chi connectivity index (χ0v) is 7.68. The lowest BCUT2D eigenvalue weighted by atomic mass is 10.1. The van der Waals surface area contributed by atoms with E-state index in [0.29, 0.717) is 11.4 Å². The van der Waals surface area contributed by atoms with Gasteiger partial charge in [-0.3, -0.25) is 0 Å². The van der Waals surface area contributed by atoms with Gasteiger partial charge in [0.25, 0.3) is 0 Å². The van der Waals surface area contributed by atoms with Crippen LogP contribution in [0.4, 0.5) is 0 Å². The van der Waals surface area contributed by atoms with E-state index in [9.17, 15) is 5.11 Å². The van der Waals surface area contributed by atoms with Crippen molar-refractivity contribution in [2.75, 3.05) is 0 Å². The first kappa shape index (κ1) is 8.62. The van der Waals surface area contributed by atoms with Crippen LogP contribution in [0.1, 0.15) is 5.56 Å². The highest BCUT2D eigenvalue weighted by Gasteiger charge is 2.05. The van der Waals surface area contributed by atoms with Gasteiger partial charge in [-0.1, -0.05) is 11.6 Å². The van der Waals surface area contributed by atoms with E-state index in [0.717, 1.165) is 5.56 Å². The average molecular weight is 187 g/mol. The molecular formula is C10H9N3O. The molecule has 14 heavy (non-hydrogen) atoms. The van der Waals surface area contributed by atoms with Gasteiger partial charge >= 0.3 is 0 Å². The molecule has 0 aliphatic rings. The zero-order valence-electron chi connectivity index (χ0n) is 7.68. The molecule has 2 aromatic rings. The number of phenolic OH excluding ortho intramolecular Hbond substituents is 1. The maximum atomic E-state index is 9.59. The molecule has 70 valence electrons. The summed E-state index contributed by atoms with van der Waals surface area (Å²) in [7, 11) is 0. The largest absolute Gasteiger partial charge is 0.507 e. The number of phenols is 1. The van der Waals surface area contributed by atoms with Gasteiger partial charge < -0.3 is 5.11 Å². The standard InChI is InChI=1S/C10H9N3O/c1-7-2-3-9(14)8(4-7)10-12-5-11-6-13-10/h2-6,14H,1H3. The minimum atomic E-state index is 0.182. The second-order valence-electron chi connectivity index (χ2n) is 2.98. The Morgan fingerprint density at radius 3 is 2.57 bits per heavy atom. The van der Waals surface area contributed by atoms with Crippen LogP contribution in [0.5, 0.6) is 5.75 Å². The van der Waals surface area contributed by atoms with E-state index in [1.165, 1.54) is 12.7 Å². The molecule has 0 saturated heterocycles. The molecule has 0 amide bonds. The van der Waals surface area contributed by atoms with Crippen LogP contribution in [0.15, 0.2) is 30.9 Å². The van der Waals surface area contributed by atoms with E-state index >= 15 is 0 Å². The van der Waals surface area contributed by atoms with Crippen LogP contribution < -0.4 is 0 Å². The van der Waals surface area contributed by atoms with Crippen LogP contribution in [-0.2, 0) is 0 Å².